The average molecular weight is 267 g/mol. The van der Waals surface area contributed by atoms with Gasteiger partial charge in [-0.05, 0) is 36.5 Å². The minimum atomic E-state index is -0.0768. The standard InChI is InChI=1S/C13H21N3OS/c1-9(2)11-7-10(8-12(14)16-11)13(17)15-5-4-6-18-3/h7-9H,4-6H2,1-3H3,(H2,14,16)(H,15,17). The molecule has 1 aromatic heterocycles. The van der Waals surface area contributed by atoms with Crippen LogP contribution in [0.4, 0.5) is 5.82 Å². The van der Waals surface area contributed by atoms with Crippen LogP contribution < -0.4 is 11.1 Å². The molecule has 1 heterocycles. The smallest absolute Gasteiger partial charge is 0.251 e. The Morgan fingerprint density at radius 1 is 1.50 bits per heavy atom. The molecule has 0 unspecified atom stereocenters. The lowest BCUT2D eigenvalue weighted by molar-refractivity contribution is 0.0953. The van der Waals surface area contributed by atoms with Gasteiger partial charge in [0, 0.05) is 17.8 Å². The van der Waals surface area contributed by atoms with Crippen molar-refractivity contribution in [3.8, 4) is 0 Å². The summed E-state index contributed by atoms with van der Waals surface area (Å²) in [5.41, 5.74) is 7.16. The Bertz CT molecular complexity index is 407. The number of nitrogen functional groups attached to an aromatic ring is 1. The molecule has 0 radical (unpaired) electrons. The molecular formula is C13H21N3OS. The number of nitrogens with zero attached hydrogens (tertiary/aromatic N) is 1. The number of anilines is 1. The molecule has 100 valence electrons. The molecule has 0 aliphatic carbocycles. The third-order valence-corrected chi connectivity index (χ3v) is 3.23. The number of hydrogen-bond donors (Lipinski definition) is 2. The first-order valence-electron chi connectivity index (χ1n) is 6.09. The Labute approximate surface area is 113 Å². The average Bonchev–Trinajstić information content (AvgIpc) is 2.33. The highest BCUT2D eigenvalue weighted by molar-refractivity contribution is 7.98. The summed E-state index contributed by atoms with van der Waals surface area (Å²) < 4.78 is 0. The highest BCUT2D eigenvalue weighted by atomic mass is 32.2. The van der Waals surface area contributed by atoms with Crippen molar-refractivity contribution in [3.63, 3.8) is 0 Å². The summed E-state index contributed by atoms with van der Waals surface area (Å²) in [6, 6.07) is 3.43. The fourth-order valence-corrected chi connectivity index (χ4v) is 1.95. The Hall–Kier alpha value is -1.23. The van der Waals surface area contributed by atoms with Crippen LogP contribution >= 0.6 is 11.8 Å². The summed E-state index contributed by atoms with van der Waals surface area (Å²) >= 11 is 1.78. The molecule has 5 heteroatoms. The number of aromatic nitrogens is 1. The van der Waals surface area contributed by atoms with E-state index in [1.807, 2.05) is 19.9 Å². The predicted octanol–water partition coefficient (Wildman–Crippen LogP) is 2.27. The molecule has 0 aliphatic heterocycles. The van der Waals surface area contributed by atoms with Crippen molar-refractivity contribution in [1.29, 1.82) is 0 Å². The lowest BCUT2D eigenvalue weighted by Gasteiger charge is -2.09. The van der Waals surface area contributed by atoms with Crippen LogP contribution in [-0.2, 0) is 0 Å². The molecule has 1 aromatic rings. The Morgan fingerprint density at radius 2 is 2.22 bits per heavy atom. The van der Waals surface area contributed by atoms with Crippen LogP contribution in [0.25, 0.3) is 0 Å². The number of nitrogens with one attached hydrogen (secondary N) is 1. The van der Waals surface area contributed by atoms with Gasteiger partial charge in [0.25, 0.3) is 5.91 Å². The largest absolute Gasteiger partial charge is 0.384 e. The van der Waals surface area contributed by atoms with Crippen molar-refractivity contribution in [3.05, 3.63) is 23.4 Å². The van der Waals surface area contributed by atoms with E-state index in [9.17, 15) is 4.79 Å². The number of thioether (sulfide) groups is 1. The van der Waals surface area contributed by atoms with Gasteiger partial charge in [-0.3, -0.25) is 4.79 Å². The highest BCUT2D eigenvalue weighted by Crippen LogP contribution is 2.15. The van der Waals surface area contributed by atoms with Crippen LogP contribution in [-0.4, -0.2) is 29.4 Å². The van der Waals surface area contributed by atoms with Crippen molar-refractivity contribution in [2.24, 2.45) is 0 Å². The van der Waals surface area contributed by atoms with Gasteiger partial charge in [0.15, 0.2) is 0 Å². The minimum Gasteiger partial charge on any atom is -0.384 e. The number of pyridine rings is 1. The molecule has 0 aromatic carbocycles. The molecule has 4 nitrogen and oxygen atoms in total. The van der Waals surface area contributed by atoms with Crippen molar-refractivity contribution < 1.29 is 4.79 Å². The maximum Gasteiger partial charge on any atom is 0.251 e. The fraction of sp³-hybridized carbons (Fsp3) is 0.538. The summed E-state index contributed by atoms with van der Waals surface area (Å²) in [5.74, 6) is 1.63. The fourth-order valence-electron chi connectivity index (χ4n) is 1.52. The van der Waals surface area contributed by atoms with Gasteiger partial charge >= 0.3 is 0 Å². The van der Waals surface area contributed by atoms with Gasteiger partial charge in [0.2, 0.25) is 0 Å². The molecule has 0 saturated carbocycles. The summed E-state index contributed by atoms with van der Waals surface area (Å²) in [6.45, 7) is 4.75. The Morgan fingerprint density at radius 3 is 2.83 bits per heavy atom. The molecule has 1 amide bonds. The van der Waals surface area contributed by atoms with Gasteiger partial charge in [-0.2, -0.15) is 11.8 Å². The van der Waals surface area contributed by atoms with Crippen molar-refractivity contribution in [2.45, 2.75) is 26.2 Å². The van der Waals surface area contributed by atoms with Crippen LogP contribution in [0.5, 0.6) is 0 Å². The van der Waals surface area contributed by atoms with E-state index in [-0.39, 0.29) is 11.8 Å². The third-order valence-electron chi connectivity index (χ3n) is 2.53. The van der Waals surface area contributed by atoms with E-state index < -0.39 is 0 Å². The van der Waals surface area contributed by atoms with Crippen LogP contribution in [0.1, 0.15) is 42.2 Å². The van der Waals surface area contributed by atoms with Crippen molar-refractivity contribution in [2.75, 3.05) is 24.3 Å². The normalized spacial score (nSPS) is 10.7. The summed E-state index contributed by atoms with van der Waals surface area (Å²) in [5, 5.41) is 2.89. The maximum atomic E-state index is 11.9. The molecule has 0 aliphatic rings. The molecule has 18 heavy (non-hydrogen) atoms. The van der Waals surface area contributed by atoms with E-state index >= 15 is 0 Å². The number of carbonyl (C=O) groups excluding carboxylic acids is 1. The van der Waals surface area contributed by atoms with Crippen molar-refractivity contribution in [1.82, 2.24) is 10.3 Å². The van der Waals surface area contributed by atoms with E-state index in [4.69, 9.17) is 5.73 Å². The number of rotatable bonds is 6. The Balaban J connectivity index is 2.67. The van der Waals surface area contributed by atoms with Gasteiger partial charge in [-0.25, -0.2) is 4.98 Å². The zero-order chi connectivity index (χ0) is 13.5. The first-order chi connectivity index (χ1) is 8.54. The first-order valence-corrected chi connectivity index (χ1v) is 7.48. The van der Waals surface area contributed by atoms with Gasteiger partial charge < -0.3 is 11.1 Å². The predicted molar refractivity (Wildman–Crippen MR) is 78.1 cm³/mol. The quantitative estimate of drug-likeness (QED) is 0.776. The van der Waals surface area contributed by atoms with Crippen molar-refractivity contribution >= 4 is 23.5 Å². The zero-order valence-electron chi connectivity index (χ0n) is 11.2. The van der Waals surface area contributed by atoms with Crippen LogP contribution in [0.3, 0.4) is 0 Å². The molecule has 3 N–H and O–H groups in total. The summed E-state index contributed by atoms with van der Waals surface area (Å²) in [6.07, 6.45) is 3.03. The monoisotopic (exact) mass is 267 g/mol. The number of amides is 1. The molecule has 0 spiro atoms. The molecule has 0 bridgehead atoms. The van der Waals surface area contributed by atoms with Crippen LogP contribution in [0.2, 0.25) is 0 Å². The topological polar surface area (TPSA) is 68.0 Å². The second kappa shape index (κ2) is 7.26. The lowest BCUT2D eigenvalue weighted by Crippen LogP contribution is -2.25. The number of nitrogens with two attached hydrogens (primary N) is 1. The van der Waals surface area contributed by atoms with E-state index in [1.165, 1.54) is 0 Å². The van der Waals surface area contributed by atoms with E-state index in [0.29, 0.717) is 17.9 Å². The molecule has 1 rings (SSSR count). The van der Waals surface area contributed by atoms with Gasteiger partial charge in [-0.1, -0.05) is 13.8 Å². The highest BCUT2D eigenvalue weighted by Gasteiger charge is 2.10. The number of hydrogen-bond acceptors (Lipinski definition) is 4. The number of carbonyl (C=O) groups is 1. The zero-order valence-corrected chi connectivity index (χ0v) is 12.0. The first kappa shape index (κ1) is 14.8. The van der Waals surface area contributed by atoms with Gasteiger partial charge in [0.1, 0.15) is 5.82 Å². The summed E-state index contributed by atoms with van der Waals surface area (Å²) in [4.78, 5) is 16.2. The third kappa shape index (κ3) is 4.56. The minimum absolute atomic E-state index is 0.0768. The summed E-state index contributed by atoms with van der Waals surface area (Å²) in [7, 11) is 0. The van der Waals surface area contributed by atoms with Crippen LogP contribution in [0, 0.1) is 0 Å². The van der Waals surface area contributed by atoms with Crippen LogP contribution in [0.15, 0.2) is 12.1 Å². The second-order valence-corrected chi connectivity index (χ2v) is 5.45. The van der Waals surface area contributed by atoms with E-state index in [2.05, 4.69) is 16.6 Å². The SMILES string of the molecule is CSCCCNC(=O)c1cc(N)nc(C(C)C)c1. The van der Waals surface area contributed by atoms with E-state index in [1.54, 1.807) is 17.8 Å². The molecule has 0 atom stereocenters. The Kier molecular flexibility index (Phi) is 5.98. The van der Waals surface area contributed by atoms with E-state index in [0.717, 1.165) is 17.9 Å². The lowest BCUT2D eigenvalue weighted by atomic mass is 10.1. The van der Waals surface area contributed by atoms with Gasteiger partial charge in [-0.15, -0.1) is 0 Å². The molecule has 0 saturated heterocycles. The molecular weight excluding hydrogens is 246 g/mol. The maximum absolute atomic E-state index is 11.9. The second-order valence-electron chi connectivity index (χ2n) is 4.46. The van der Waals surface area contributed by atoms with Gasteiger partial charge in [0.05, 0.1) is 0 Å². The molecule has 0 fully saturated rings.